The lowest BCUT2D eigenvalue weighted by molar-refractivity contribution is -0.162. The van der Waals surface area contributed by atoms with Crippen molar-refractivity contribution in [1.82, 2.24) is 24.7 Å². The van der Waals surface area contributed by atoms with E-state index in [4.69, 9.17) is 4.98 Å². The number of aromatic nitrogens is 2. The minimum absolute atomic E-state index is 0.00967. The molecule has 0 radical (unpaired) electrons. The normalized spacial score (nSPS) is 25.5. The third-order valence-corrected chi connectivity index (χ3v) is 9.83. The number of rotatable bonds is 8. The van der Waals surface area contributed by atoms with Gasteiger partial charge in [-0.15, -0.1) is 0 Å². The van der Waals surface area contributed by atoms with Gasteiger partial charge in [0.1, 0.15) is 12.2 Å². The van der Waals surface area contributed by atoms with Crippen molar-refractivity contribution < 1.29 is 22.8 Å². The van der Waals surface area contributed by atoms with Gasteiger partial charge < -0.3 is 14.8 Å². The molecule has 1 saturated carbocycles. The van der Waals surface area contributed by atoms with E-state index < -0.39 is 18.5 Å². The highest BCUT2D eigenvalue weighted by molar-refractivity contribution is 5.79. The predicted octanol–water partition coefficient (Wildman–Crippen LogP) is 5.24. The number of piperidine rings is 1. The van der Waals surface area contributed by atoms with Gasteiger partial charge in [0.2, 0.25) is 11.8 Å². The van der Waals surface area contributed by atoms with Crippen molar-refractivity contribution in [3.63, 3.8) is 0 Å². The molecule has 2 amide bonds. The Kier molecular flexibility index (Phi) is 7.87. The van der Waals surface area contributed by atoms with Gasteiger partial charge in [0, 0.05) is 43.6 Å². The number of halogens is 3. The number of amides is 2. The van der Waals surface area contributed by atoms with Crippen LogP contribution in [0.2, 0.25) is 0 Å². The molecule has 4 aliphatic rings. The molecule has 1 N–H and O–H groups in total. The number of hydrogen-bond acceptors (Lipinski definition) is 4. The summed E-state index contributed by atoms with van der Waals surface area (Å²) in [5, 5.41) is 3.34. The van der Waals surface area contributed by atoms with Crippen molar-refractivity contribution in [3.05, 3.63) is 53.1 Å². The highest BCUT2D eigenvalue weighted by Crippen LogP contribution is 2.43. The molecular formula is C31H40F3N5O2. The molecule has 4 heterocycles. The molecule has 2 saturated heterocycles. The van der Waals surface area contributed by atoms with E-state index in [9.17, 15) is 22.8 Å². The van der Waals surface area contributed by atoms with Crippen LogP contribution in [0.15, 0.2) is 30.3 Å². The molecule has 2 bridgehead atoms. The van der Waals surface area contributed by atoms with Gasteiger partial charge in [-0.2, -0.15) is 13.2 Å². The minimum atomic E-state index is -4.50. The SMILES string of the molecule is Cc1nc2c(n1C1C[C@H]3CC[C@@H](C1)N3CC[C@H](NC(=O)C1CCC1)c1ccccc1)CN(C(=O)CC(F)(F)F)CC2. The van der Waals surface area contributed by atoms with Crippen molar-refractivity contribution in [2.75, 3.05) is 13.1 Å². The first-order valence-corrected chi connectivity index (χ1v) is 15.2. The largest absolute Gasteiger partial charge is 0.397 e. The summed E-state index contributed by atoms with van der Waals surface area (Å²) in [5.41, 5.74) is 2.97. The van der Waals surface area contributed by atoms with Crippen LogP contribution in [-0.2, 0) is 22.6 Å². The number of nitrogens with zero attached hydrogens (tertiary/aromatic N) is 4. The number of carbonyl (C=O) groups excluding carboxylic acids is 2. The summed E-state index contributed by atoms with van der Waals surface area (Å²) in [6.45, 7) is 3.36. The van der Waals surface area contributed by atoms with E-state index >= 15 is 0 Å². The third-order valence-electron chi connectivity index (χ3n) is 9.83. The molecule has 3 aliphatic heterocycles. The molecule has 7 nitrogen and oxygen atoms in total. The summed E-state index contributed by atoms with van der Waals surface area (Å²) in [4.78, 5) is 34.0. The van der Waals surface area contributed by atoms with E-state index in [1.807, 2.05) is 25.1 Å². The van der Waals surface area contributed by atoms with Gasteiger partial charge in [0.05, 0.1) is 24.0 Å². The summed E-state index contributed by atoms with van der Waals surface area (Å²) in [7, 11) is 0. The second kappa shape index (κ2) is 11.4. The van der Waals surface area contributed by atoms with Gasteiger partial charge >= 0.3 is 6.18 Å². The van der Waals surface area contributed by atoms with E-state index in [0.29, 0.717) is 18.5 Å². The van der Waals surface area contributed by atoms with E-state index in [1.54, 1.807) is 0 Å². The Morgan fingerprint density at radius 1 is 1.05 bits per heavy atom. The molecule has 222 valence electrons. The van der Waals surface area contributed by atoms with Crippen molar-refractivity contribution in [2.45, 2.75) is 108 Å². The molecule has 4 atom stereocenters. The highest BCUT2D eigenvalue weighted by atomic mass is 19.4. The van der Waals surface area contributed by atoms with Crippen LogP contribution in [0.5, 0.6) is 0 Å². The van der Waals surface area contributed by atoms with Gasteiger partial charge in [0.15, 0.2) is 0 Å². The summed E-state index contributed by atoms with van der Waals surface area (Å²) >= 11 is 0. The van der Waals surface area contributed by atoms with Gasteiger partial charge in [-0.1, -0.05) is 36.8 Å². The molecule has 1 aromatic carbocycles. The maximum absolute atomic E-state index is 12.9. The predicted molar refractivity (Wildman–Crippen MR) is 148 cm³/mol. The van der Waals surface area contributed by atoms with Crippen molar-refractivity contribution in [2.24, 2.45) is 5.92 Å². The fourth-order valence-electron chi connectivity index (χ4n) is 7.56. The maximum atomic E-state index is 12.9. The number of aryl methyl sites for hydroxylation is 1. The molecule has 1 aliphatic carbocycles. The second-order valence-electron chi connectivity index (χ2n) is 12.4. The quantitative estimate of drug-likeness (QED) is 0.470. The number of carbonyl (C=O) groups is 2. The van der Waals surface area contributed by atoms with Crippen LogP contribution in [0, 0.1) is 12.8 Å². The topological polar surface area (TPSA) is 70.5 Å². The third kappa shape index (κ3) is 6.03. The highest BCUT2D eigenvalue weighted by Gasteiger charge is 2.43. The zero-order valence-electron chi connectivity index (χ0n) is 23.7. The lowest BCUT2D eigenvalue weighted by Gasteiger charge is -2.41. The summed E-state index contributed by atoms with van der Waals surface area (Å²) < 4.78 is 40.9. The first kappa shape index (κ1) is 28.2. The fourth-order valence-corrected chi connectivity index (χ4v) is 7.56. The van der Waals surface area contributed by atoms with Crippen molar-refractivity contribution in [1.29, 1.82) is 0 Å². The number of imidazole rings is 1. The molecule has 10 heteroatoms. The molecule has 2 aromatic rings. The standard InChI is InChI=1S/C31H40F3N5O2/c1-20-35-27-12-14-37(29(40)18-31(32,33)34)19-28(27)39(20)25-16-23-10-11-24(17-25)38(23)15-13-26(21-6-3-2-4-7-21)36-30(41)22-8-5-9-22/h2-4,6-7,22-26H,5,8-19H2,1H3,(H,36,41)/t23-,24+,25?,26-/m0/s1. The van der Waals surface area contributed by atoms with E-state index in [-0.39, 0.29) is 37.0 Å². The molecule has 6 rings (SSSR count). The number of benzene rings is 1. The average molecular weight is 572 g/mol. The van der Waals surface area contributed by atoms with E-state index in [1.165, 1.54) is 4.90 Å². The number of alkyl halides is 3. The molecule has 1 aromatic heterocycles. The Morgan fingerprint density at radius 2 is 1.76 bits per heavy atom. The Labute approximate surface area is 239 Å². The lowest BCUT2D eigenvalue weighted by Crippen LogP contribution is -2.46. The maximum Gasteiger partial charge on any atom is 0.397 e. The van der Waals surface area contributed by atoms with Gasteiger partial charge in [-0.3, -0.25) is 14.5 Å². The zero-order valence-corrected chi connectivity index (χ0v) is 23.7. The van der Waals surface area contributed by atoms with Crippen LogP contribution in [-0.4, -0.2) is 62.5 Å². The molecular weight excluding hydrogens is 531 g/mol. The van der Waals surface area contributed by atoms with Gasteiger partial charge in [-0.05, 0) is 57.4 Å². The molecule has 0 spiro atoms. The van der Waals surface area contributed by atoms with Crippen molar-refractivity contribution >= 4 is 11.8 Å². The molecule has 41 heavy (non-hydrogen) atoms. The monoisotopic (exact) mass is 571 g/mol. The number of hydrogen-bond donors (Lipinski definition) is 1. The fraction of sp³-hybridized carbons (Fsp3) is 0.645. The van der Waals surface area contributed by atoms with Crippen LogP contribution in [0.25, 0.3) is 0 Å². The van der Waals surface area contributed by atoms with Crippen LogP contribution >= 0.6 is 0 Å². The molecule has 1 unspecified atom stereocenters. The summed E-state index contributed by atoms with van der Waals surface area (Å²) in [5.74, 6) is 0.355. The molecule has 3 fully saturated rings. The first-order valence-electron chi connectivity index (χ1n) is 15.2. The van der Waals surface area contributed by atoms with E-state index in [0.717, 1.165) is 80.7 Å². The first-order chi connectivity index (χ1) is 19.7. The zero-order chi connectivity index (χ0) is 28.7. The summed E-state index contributed by atoms with van der Waals surface area (Å²) in [6, 6.07) is 11.3. The van der Waals surface area contributed by atoms with Crippen LogP contribution in [0.3, 0.4) is 0 Å². The minimum Gasteiger partial charge on any atom is -0.349 e. The van der Waals surface area contributed by atoms with Crippen LogP contribution in [0.4, 0.5) is 13.2 Å². The van der Waals surface area contributed by atoms with E-state index in [2.05, 4.69) is 26.9 Å². The Morgan fingerprint density at radius 3 is 2.39 bits per heavy atom. The summed E-state index contributed by atoms with van der Waals surface area (Å²) in [6.07, 6.45) is 2.70. The lowest BCUT2D eigenvalue weighted by atomic mass is 9.84. The average Bonchev–Trinajstić information content (AvgIpc) is 3.34. The smallest absolute Gasteiger partial charge is 0.349 e. The Bertz CT molecular complexity index is 1240. The van der Waals surface area contributed by atoms with Crippen LogP contribution in [0.1, 0.15) is 92.6 Å². The van der Waals surface area contributed by atoms with Gasteiger partial charge in [0.25, 0.3) is 0 Å². The van der Waals surface area contributed by atoms with Gasteiger partial charge in [-0.25, -0.2) is 4.98 Å². The number of nitrogens with one attached hydrogen (secondary N) is 1. The Balaban J connectivity index is 1.12. The second-order valence-corrected chi connectivity index (χ2v) is 12.4. The van der Waals surface area contributed by atoms with Crippen molar-refractivity contribution in [3.8, 4) is 0 Å². The number of fused-ring (bicyclic) bond motifs is 3. The Hall–Kier alpha value is -2.88. The van der Waals surface area contributed by atoms with Crippen LogP contribution < -0.4 is 5.32 Å².